The largest absolute Gasteiger partial charge is 0.298 e. The van der Waals surface area contributed by atoms with Crippen LogP contribution in [0.4, 0.5) is 5.13 Å². The van der Waals surface area contributed by atoms with E-state index in [-0.39, 0.29) is 5.91 Å². The fourth-order valence-corrected chi connectivity index (χ4v) is 2.26. The van der Waals surface area contributed by atoms with E-state index in [1.807, 2.05) is 0 Å². The van der Waals surface area contributed by atoms with Crippen molar-refractivity contribution in [1.29, 1.82) is 0 Å². The molecule has 0 saturated heterocycles. The molecule has 0 spiro atoms. The maximum absolute atomic E-state index is 10.7. The molecule has 1 amide bonds. The van der Waals surface area contributed by atoms with Crippen molar-refractivity contribution < 1.29 is 4.79 Å². The van der Waals surface area contributed by atoms with Gasteiger partial charge in [-0.2, -0.15) is 4.98 Å². The van der Waals surface area contributed by atoms with Crippen LogP contribution < -0.4 is 5.32 Å². The molecule has 11 heavy (non-hydrogen) atoms. The maximum atomic E-state index is 10.7. The number of nitrogens with one attached hydrogen (secondary N) is 1. The quantitative estimate of drug-likeness (QED) is 0.455. The van der Waals surface area contributed by atoms with E-state index in [1.54, 1.807) is 0 Å². The molecule has 0 saturated carbocycles. The van der Waals surface area contributed by atoms with Gasteiger partial charge < -0.3 is 0 Å². The van der Waals surface area contributed by atoms with E-state index in [4.69, 9.17) is 12.2 Å². The van der Waals surface area contributed by atoms with Gasteiger partial charge >= 0.3 is 0 Å². The molecular weight excluding hydrogens is 200 g/mol. The lowest BCUT2D eigenvalue weighted by Gasteiger charge is -1.91. The Morgan fingerprint density at radius 2 is 2.45 bits per heavy atom. The van der Waals surface area contributed by atoms with E-state index in [2.05, 4.69) is 16.9 Å². The van der Waals surface area contributed by atoms with Gasteiger partial charge in [0.1, 0.15) is 0 Å². The Hall–Kier alpha value is -0.590. The van der Waals surface area contributed by atoms with E-state index in [1.165, 1.54) is 26.8 Å². The van der Waals surface area contributed by atoms with Crippen molar-refractivity contribution >= 4 is 43.9 Å². The van der Waals surface area contributed by atoms with Crippen LogP contribution in [0.1, 0.15) is 0 Å². The molecule has 6 heteroatoms. The van der Waals surface area contributed by atoms with E-state index in [0.717, 1.165) is 0 Å². The van der Waals surface area contributed by atoms with Crippen molar-refractivity contribution in [3.63, 3.8) is 0 Å². The third kappa shape index (κ3) is 2.49. The summed E-state index contributed by atoms with van der Waals surface area (Å²) < 4.78 is 0.536. The van der Waals surface area contributed by atoms with E-state index < -0.39 is 0 Å². The number of hydrogen-bond donors (Lipinski definition) is 1. The fourth-order valence-electron chi connectivity index (χ4n) is 0.400. The summed E-state index contributed by atoms with van der Waals surface area (Å²) in [6.45, 7) is 3.31. The van der Waals surface area contributed by atoms with Gasteiger partial charge in [-0.15, -0.1) is 0 Å². The molecule has 0 aliphatic carbocycles. The Morgan fingerprint density at radius 3 is 2.91 bits per heavy atom. The first kappa shape index (κ1) is 8.51. The molecule has 1 rings (SSSR count). The Bertz CT molecular complexity index is 326. The van der Waals surface area contributed by atoms with Crippen LogP contribution >= 0.6 is 32.9 Å². The number of carbonyl (C=O) groups excluding carboxylic acids is 1. The predicted octanol–water partition coefficient (Wildman–Crippen LogP) is 2.06. The highest BCUT2D eigenvalue weighted by atomic mass is 32.9. The Labute approximate surface area is 75.8 Å². The highest BCUT2D eigenvalue weighted by Gasteiger charge is 1.99. The summed E-state index contributed by atoms with van der Waals surface area (Å²) in [5.41, 5.74) is 0. The molecule has 0 fully saturated rings. The van der Waals surface area contributed by atoms with Gasteiger partial charge in [0.2, 0.25) is 11.0 Å². The highest BCUT2D eigenvalue weighted by Crippen LogP contribution is 2.18. The molecule has 3 nitrogen and oxygen atoms in total. The molecule has 1 heterocycles. The van der Waals surface area contributed by atoms with Crippen LogP contribution in [-0.2, 0) is 4.79 Å². The normalized spacial score (nSPS) is 9.09. The number of anilines is 1. The highest BCUT2D eigenvalue weighted by molar-refractivity contribution is 7.79. The SMILES string of the molecule is C=CC(=O)Nc1nc(=S)ss1. The first-order chi connectivity index (χ1) is 5.22. The van der Waals surface area contributed by atoms with Gasteiger partial charge in [-0.25, -0.2) is 0 Å². The van der Waals surface area contributed by atoms with Gasteiger partial charge in [0.25, 0.3) is 0 Å². The molecule has 58 valence electrons. The topological polar surface area (TPSA) is 42.0 Å². The predicted molar refractivity (Wildman–Crippen MR) is 49.7 cm³/mol. The monoisotopic (exact) mass is 204 g/mol. The number of hydrogen-bond acceptors (Lipinski definition) is 5. The third-order valence-electron chi connectivity index (χ3n) is 0.800. The lowest BCUT2D eigenvalue weighted by molar-refractivity contribution is -0.111. The van der Waals surface area contributed by atoms with Crippen molar-refractivity contribution in [2.75, 3.05) is 5.32 Å². The van der Waals surface area contributed by atoms with Crippen LogP contribution in [-0.4, -0.2) is 10.9 Å². The van der Waals surface area contributed by atoms with Crippen LogP contribution in [0.3, 0.4) is 0 Å². The second-order valence-corrected chi connectivity index (χ2v) is 4.29. The summed E-state index contributed by atoms with van der Waals surface area (Å²) >= 11 is 4.76. The molecule has 0 aliphatic heterocycles. The Balaban J connectivity index is 2.72. The lowest BCUT2D eigenvalue weighted by atomic mass is 10.6. The number of nitrogens with zero attached hydrogens (tertiary/aromatic N) is 1. The van der Waals surface area contributed by atoms with Crippen LogP contribution in [0.5, 0.6) is 0 Å². The molecular formula is C5H4N2OS3. The molecule has 0 aromatic carbocycles. The number of aromatic nitrogens is 1. The third-order valence-corrected chi connectivity index (χ3v) is 3.32. The van der Waals surface area contributed by atoms with Crippen LogP contribution in [0.25, 0.3) is 0 Å². The van der Waals surface area contributed by atoms with E-state index in [0.29, 0.717) is 9.09 Å². The Kier molecular flexibility index (Phi) is 2.86. The molecule has 0 radical (unpaired) electrons. The first-order valence-electron chi connectivity index (χ1n) is 2.63. The zero-order chi connectivity index (χ0) is 8.27. The lowest BCUT2D eigenvalue weighted by Crippen LogP contribution is -2.06. The molecule has 0 atom stereocenters. The van der Waals surface area contributed by atoms with Gasteiger partial charge in [0.15, 0.2) is 3.95 Å². The number of amides is 1. The maximum Gasteiger partial charge on any atom is 0.249 e. The van der Waals surface area contributed by atoms with Crippen LogP contribution in [0.15, 0.2) is 12.7 Å². The molecule has 0 unspecified atom stereocenters. The minimum atomic E-state index is -0.262. The van der Waals surface area contributed by atoms with Crippen molar-refractivity contribution in [1.82, 2.24) is 4.98 Å². The van der Waals surface area contributed by atoms with Gasteiger partial charge in [-0.1, -0.05) is 6.58 Å². The minimum Gasteiger partial charge on any atom is -0.298 e. The Morgan fingerprint density at radius 1 is 1.73 bits per heavy atom. The zero-order valence-electron chi connectivity index (χ0n) is 5.36. The summed E-state index contributed by atoms with van der Waals surface area (Å²) in [6.07, 6.45) is 1.19. The van der Waals surface area contributed by atoms with Crippen molar-refractivity contribution in [3.8, 4) is 0 Å². The molecule has 0 aliphatic rings. The van der Waals surface area contributed by atoms with E-state index in [9.17, 15) is 4.79 Å². The van der Waals surface area contributed by atoms with Gasteiger partial charge in [0, 0.05) is 0 Å². The van der Waals surface area contributed by atoms with Gasteiger partial charge in [-0.3, -0.25) is 10.1 Å². The minimum absolute atomic E-state index is 0.262. The van der Waals surface area contributed by atoms with Crippen molar-refractivity contribution in [2.45, 2.75) is 0 Å². The van der Waals surface area contributed by atoms with E-state index >= 15 is 0 Å². The number of carbonyl (C=O) groups is 1. The standard InChI is InChI=1S/C5H4N2OS3/c1-2-3(8)6-4-7-5(9)11-10-4/h2H,1H2,(H,6,7,8,9). The van der Waals surface area contributed by atoms with Gasteiger partial charge in [-0.05, 0) is 39.0 Å². The summed E-state index contributed by atoms with van der Waals surface area (Å²) in [5, 5.41) is 3.04. The molecule has 1 aromatic heterocycles. The fraction of sp³-hybridized carbons (Fsp3) is 0. The summed E-state index contributed by atoms with van der Waals surface area (Å²) in [5.74, 6) is -0.262. The second kappa shape index (κ2) is 3.70. The van der Waals surface area contributed by atoms with Crippen LogP contribution in [0, 0.1) is 3.95 Å². The second-order valence-electron chi connectivity index (χ2n) is 1.54. The van der Waals surface area contributed by atoms with Crippen molar-refractivity contribution in [2.24, 2.45) is 0 Å². The number of rotatable bonds is 2. The molecule has 1 N–H and O–H groups in total. The average molecular weight is 204 g/mol. The summed E-state index contributed by atoms with van der Waals surface area (Å²) in [4.78, 5) is 14.6. The first-order valence-corrected chi connectivity index (χ1v) is 5.19. The van der Waals surface area contributed by atoms with Gasteiger partial charge in [0.05, 0.1) is 0 Å². The van der Waals surface area contributed by atoms with Crippen LogP contribution in [0.2, 0.25) is 0 Å². The average Bonchev–Trinajstić information content (AvgIpc) is 2.35. The molecule has 0 bridgehead atoms. The summed E-state index contributed by atoms with van der Waals surface area (Å²) in [7, 11) is 2.69. The van der Waals surface area contributed by atoms with Crippen molar-refractivity contribution in [3.05, 3.63) is 16.6 Å². The molecule has 1 aromatic rings. The smallest absolute Gasteiger partial charge is 0.249 e. The zero-order valence-corrected chi connectivity index (χ0v) is 7.81. The summed E-state index contributed by atoms with van der Waals surface area (Å²) in [6, 6.07) is 0.